The number of primary amides is 1. The molecule has 2 aliphatic rings. The third kappa shape index (κ3) is 11.5. The Hall–Kier alpha value is -3.84. The number of rotatable bonds is 4. The molecule has 2 aromatic carbocycles. The third-order valence-corrected chi connectivity index (χ3v) is 5.89. The zero-order valence-electron chi connectivity index (χ0n) is 21.7. The lowest BCUT2D eigenvalue weighted by Crippen LogP contribution is -2.52. The second kappa shape index (κ2) is 16.3. The maximum absolute atomic E-state index is 12.5. The van der Waals surface area contributed by atoms with Crippen LogP contribution >= 0.6 is 12.4 Å². The first-order valence-electron chi connectivity index (χ1n) is 12.2. The molecule has 0 radical (unpaired) electrons. The number of carboxylic acids is 1. The molecule has 0 bridgehead atoms. The summed E-state index contributed by atoms with van der Waals surface area (Å²) in [7, 11) is 0. The van der Waals surface area contributed by atoms with Crippen molar-refractivity contribution in [3.05, 3.63) is 65.7 Å². The molecule has 6 N–H and O–H groups in total. The van der Waals surface area contributed by atoms with Crippen LogP contribution in [0.5, 0.6) is 0 Å². The Morgan fingerprint density at radius 3 is 2.00 bits per heavy atom. The number of carbonyl (C=O) groups is 4. The molecule has 1 heterocycles. The molecule has 220 valence electrons. The Balaban J connectivity index is 0.000000389. The molecule has 4 rings (SSSR count). The van der Waals surface area contributed by atoms with Gasteiger partial charge in [0, 0.05) is 48.5 Å². The van der Waals surface area contributed by atoms with Crippen molar-refractivity contribution in [2.45, 2.75) is 44.4 Å². The summed E-state index contributed by atoms with van der Waals surface area (Å²) >= 11 is 0. The van der Waals surface area contributed by atoms with Crippen LogP contribution in [0.25, 0.3) is 0 Å². The Kier molecular flexibility index (Phi) is 13.9. The maximum atomic E-state index is 12.5. The topological polar surface area (TPSA) is 154 Å². The van der Waals surface area contributed by atoms with Crippen molar-refractivity contribution in [1.82, 2.24) is 15.5 Å². The van der Waals surface area contributed by atoms with Crippen LogP contribution in [0.2, 0.25) is 0 Å². The predicted octanol–water partition coefficient (Wildman–Crippen LogP) is 3.64. The molecule has 1 aliphatic carbocycles. The molecule has 1 atom stereocenters. The van der Waals surface area contributed by atoms with Gasteiger partial charge in [0.2, 0.25) is 5.91 Å². The van der Waals surface area contributed by atoms with Gasteiger partial charge in [-0.15, -0.1) is 12.4 Å². The number of anilines is 1. The van der Waals surface area contributed by atoms with Gasteiger partial charge in [-0.1, -0.05) is 18.2 Å². The van der Waals surface area contributed by atoms with Crippen molar-refractivity contribution in [3.8, 4) is 0 Å². The zero-order valence-corrected chi connectivity index (χ0v) is 22.6. The van der Waals surface area contributed by atoms with Crippen LogP contribution in [0.15, 0.2) is 54.6 Å². The van der Waals surface area contributed by atoms with Crippen LogP contribution in [-0.4, -0.2) is 71.7 Å². The van der Waals surface area contributed by atoms with Crippen molar-refractivity contribution in [1.29, 1.82) is 0 Å². The molecule has 40 heavy (non-hydrogen) atoms. The molecular formula is C26H33ClF3N5O5. The molecule has 4 amide bonds. The fraction of sp³-hybridized carbons (Fsp3) is 0.385. The molecule has 2 aromatic rings. The van der Waals surface area contributed by atoms with E-state index in [-0.39, 0.29) is 36.3 Å². The summed E-state index contributed by atoms with van der Waals surface area (Å²) in [5, 5.41) is 16.1. The van der Waals surface area contributed by atoms with Crippen molar-refractivity contribution in [2.75, 3.05) is 25.0 Å². The Labute approximate surface area is 235 Å². The van der Waals surface area contributed by atoms with E-state index in [2.05, 4.69) is 16.0 Å². The number of urea groups is 1. The lowest BCUT2D eigenvalue weighted by atomic mass is 9.93. The summed E-state index contributed by atoms with van der Waals surface area (Å²) in [6, 6.07) is 16.2. The second-order valence-corrected chi connectivity index (χ2v) is 8.89. The minimum absolute atomic E-state index is 0. The zero-order chi connectivity index (χ0) is 29.0. The van der Waals surface area contributed by atoms with E-state index < -0.39 is 12.1 Å². The van der Waals surface area contributed by atoms with E-state index in [4.69, 9.17) is 15.6 Å². The highest BCUT2D eigenvalue weighted by molar-refractivity contribution is 5.96. The number of halogens is 4. The standard InChI is InChI=1S/C17H24N4O2.C7H7NO.C2HF3O2.ClH/c1-12-11-18-9-10-21(12)16(22)13-5-7-15(8-6-13)20-17(23)19-14-3-2-4-14;8-7(9)6-4-2-1-3-5-6;3-2(4,5)1(6)7;/h5-8,12,14,18H,2-4,9-11H2,1H3,(H2,19,20,23);1-5H,(H2,8,9);(H,6,7);1H/t12-;;;/m0.../s1. The van der Waals surface area contributed by atoms with E-state index >= 15 is 0 Å². The van der Waals surface area contributed by atoms with Crippen LogP contribution in [0, 0.1) is 0 Å². The van der Waals surface area contributed by atoms with E-state index in [0.29, 0.717) is 22.9 Å². The van der Waals surface area contributed by atoms with Gasteiger partial charge in [0.15, 0.2) is 0 Å². The van der Waals surface area contributed by atoms with E-state index in [1.807, 2.05) is 17.9 Å². The van der Waals surface area contributed by atoms with E-state index in [0.717, 1.165) is 32.5 Å². The minimum atomic E-state index is -5.08. The molecular weight excluding hydrogens is 555 g/mol. The summed E-state index contributed by atoms with van der Waals surface area (Å²) in [5.41, 5.74) is 6.88. The summed E-state index contributed by atoms with van der Waals surface area (Å²) in [6.45, 7) is 4.43. The monoisotopic (exact) mass is 587 g/mol. The number of nitrogens with one attached hydrogen (secondary N) is 3. The molecule has 2 fully saturated rings. The molecule has 14 heteroatoms. The molecule has 0 aromatic heterocycles. The number of nitrogens with two attached hydrogens (primary N) is 1. The number of carbonyl (C=O) groups excluding carboxylic acids is 3. The Morgan fingerprint density at radius 1 is 1.00 bits per heavy atom. The number of carboxylic acid groups (broad SMARTS) is 1. The van der Waals surface area contributed by atoms with Gasteiger partial charge >= 0.3 is 18.2 Å². The molecule has 10 nitrogen and oxygen atoms in total. The third-order valence-electron chi connectivity index (χ3n) is 5.89. The highest BCUT2D eigenvalue weighted by Gasteiger charge is 2.38. The summed E-state index contributed by atoms with van der Waals surface area (Å²) < 4.78 is 31.7. The first-order chi connectivity index (χ1) is 18.4. The lowest BCUT2D eigenvalue weighted by molar-refractivity contribution is -0.192. The largest absolute Gasteiger partial charge is 0.490 e. The van der Waals surface area contributed by atoms with Gasteiger partial charge in [0.1, 0.15) is 0 Å². The summed E-state index contributed by atoms with van der Waals surface area (Å²) in [4.78, 5) is 45.6. The van der Waals surface area contributed by atoms with Crippen LogP contribution in [-0.2, 0) is 4.79 Å². The molecule has 1 saturated heterocycles. The second-order valence-electron chi connectivity index (χ2n) is 8.89. The SMILES string of the molecule is C[C@H]1CNCCN1C(=O)c1ccc(NC(=O)NC2CCC2)cc1.Cl.NC(=O)c1ccccc1.O=C(O)C(F)(F)F. The predicted molar refractivity (Wildman–Crippen MR) is 146 cm³/mol. The fourth-order valence-corrected chi connectivity index (χ4v) is 3.51. The van der Waals surface area contributed by atoms with Crippen LogP contribution in [0.3, 0.4) is 0 Å². The van der Waals surface area contributed by atoms with E-state index in [1.54, 1.807) is 48.5 Å². The average Bonchev–Trinajstić information content (AvgIpc) is 2.87. The van der Waals surface area contributed by atoms with Gasteiger partial charge in [-0.3, -0.25) is 9.59 Å². The van der Waals surface area contributed by atoms with Crippen LogP contribution in [0.1, 0.15) is 46.9 Å². The van der Waals surface area contributed by atoms with Gasteiger partial charge in [0.05, 0.1) is 0 Å². The van der Waals surface area contributed by atoms with Gasteiger partial charge in [0.25, 0.3) is 5.91 Å². The lowest BCUT2D eigenvalue weighted by Gasteiger charge is -2.34. The van der Waals surface area contributed by atoms with Crippen molar-refractivity contribution < 1.29 is 37.5 Å². The number of piperazine rings is 1. The highest BCUT2D eigenvalue weighted by Crippen LogP contribution is 2.19. The van der Waals surface area contributed by atoms with Crippen molar-refractivity contribution in [2.24, 2.45) is 5.73 Å². The first-order valence-corrected chi connectivity index (χ1v) is 12.2. The van der Waals surface area contributed by atoms with E-state index in [9.17, 15) is 27.6 Å². The number of amides is 4. The molecule has 0 spiro atoms. The number of benzene rings is 2. The molecule has 1 saturated carbocycles. The first kappa shape index (κ1) is 34.2. The van der Waals surface area contributed by atoms with Crippen molar-refractivity contribution >= 4 is 41.9 Å². The van der Waals surface area contributed by atoms with Crippen LogP contribution < -0.4 is 21.7 Å². The van der Waals surface area contributed by atoms with Gasteiger partial charge in [-0.25, -0.2) is 9.59 Å². The van der Waals surface area contributed by atoms with Crippen molar-refractivity contribution in [3.63, 3.8) is 0 Å². The number of hydrogen-bond acceptors (Lipinski definition) is 5. The number of hydrogen-bond donors (Lipinski definition) is 5. The number of nitrogens with zero attached hydrogens (tertiary/aromatic N) is 1. The summed E-state index contributed by atoms with van der Waals surface area (Å²) in [5.74, 6) is -3.09. The summed E-state index contributed by atoms with van der Waals surface area (Å²) in [6.07, 6.45) is -1.78. The Bertz CT molecular complexity index is 1120. The average molecular weight is 588 g/mol. The fourth-order valence-electron chi connectivity index (χ4n) is 3.51. The normalized spacial score (nSPS) is 16.3. The van der Waals surface area contributed by atoms with Gasteiger partial charge in [-0.2, -0.15) is 13.2 Å². The number of alkyl halides is 3. The molecule has 0 unspecified atom stereocenters. The maximum Gasteiger partial charge on any atom is 0.490 e. The highest BCUT2D eigenvalue weighted by atomic mass is 35.5. The molecule has 1 aliphatic heterocycles. The quantitative estimate of drug-likeness (QED) is 0.368. The smallest absolute Gasteiger partial charge is 0.475 e. The van der Waals surface area contributed by atoms with E-state index in [1.165, 1.54) is 6.42 Å². The van der Waals surface area contributed by atoms with Gasteiger partial charge < -0.3 is 31.7 Å². The van der Waals surface area contributed by atoms with Gasteiger partial charge in [-0.05, 0) is 62.6 Å². The minimum Gasteiger partial charge on any atom is -0.475 e. The van der Waals surface area contributed by atoms with Crippen LogP contribution in [0.4, 0.5) is 23.7 Å². The Morgan fingerprint density at radius 2 is 1.57 bits per heavy atom. The number of aliphatic carboxylic acids is 1.